The fraction of sp³-hybridized carbons (Fsp3) is 0.571. The molecule has 1 aliphatic carbocycles. The summed E-state index contributed by atoms with van der Waals surface area (Å²) in [6.07, 6.45) is 4.24. The summed E-state index contributed by atoms with van der Waals surface area (Å²) >= 11 is 3.78. The van der Waals surface area contributed by atoms with E-state index >= 15 is 0 Å². The van der Waals surface area contributed by atoms with Gasteiger partial charge in [0.25, 0.3) is 0 Å². The molecule has 16 heavy (non-hydrogen) atoms. The van der Waals surface area contributed by atoms with Crippen LogP contribution in [0.25, 0.3) is 0 Å². The zero-order valence-corrected chi connectivity index (χ0v) is 11.3. The standard InChI is InChI=1S/C14H19BrO/c1-2-16-13-8-11(9-13)10-14(15)12-6-4-3-5-7-12/h3-7,11,13-14H,2,8-10H2,1H3. The van der Waals surface area contributed by atoms with Gasteiger partial charge in [-0.2, -0.15) is 0 Å². The number of rotatable bonds is 5. The number of halogens is 1. The summed E-state index contributed by atoms with van der Waals surface area (Å²) in [7, 11) is 0. The van der Waals surface area contributed by atoms with E-state index in [0.717, 1.165) is 12.5 Å². The van der Waals surface area contributed by atoms with Crippen LogP contribution in [0.2, 0.25) is 0 Å². The quantitative estimate of drug-likeness (QED) is 0.731. The first kappa shape index (κ1) is 12.1. The lowest BCUT2D eigenvalue weighted by atomic mass is 9.78. The molecule has 1 aromatic carbocycles. The Labute approximate surface area is 106 Å². The van der Waals surface area contributed by atoms with Crippen LogP contribution in [0, 0.1) is 5.92 Å². The minimum Gasteiger partial charge on any atom is -0.378 e. The molecule has 1 nitrogen and oxygen atoms in total. The van der Waals surface area contributed by atoms with Crippen molar-refractivity contribution in [1.29, 1.82) is 0 Å². The first-order valence-corrected chi connectivity index (χ1v) is 7.01. The summed E-state index contributed by atoms with van der Waals surface area (Å²) in [4.78, 5) is 0.501. The maximum Gasteiger partial charge on any atom is 0.0580 e. The number of alkyl halides is 1. The molecule has 1 aromatic rings. The van der Waals surface area contributed by atoms with Crippen LogP contribution in [0.1, 0.15) is 36.6 Å². The molecule has 1 unspecified atom stereocenters. The van der Waals surface area contributed by atoms with E-state index in [1.165, 1.54) is 24.8 Å². The molecular weight excluding hydrogens is 264 g/mol. The van der Waals surface area contributed by atoms with E-state index in [1.54, 1.807) is 0 Å². The van der Waals surface area contributed by atoms with Gasteiger partial charge in [-0.3, -0.25) is 0 Å². The third-order valence-electron chi connectivity index (χ3n) is 3.30. The van der Waals surface area contributed by atoms with Crippen molar-refractivity contribution in [2.75, 3.05) is 6.61 Å². The zero-order chi connectivity index (χ0) is 11.4. The van der Waals surface area contributed by atoms with Gasteiger partial charge in [0.1, 0.15) is 0 Å². The molecule has 1 atom stereocenters. The molecule has 0 aliphatic heterocycles. The fourth-order valence-electron chi connectivity index (χ4n) is 2.33. The normalized spacial score (nSPS) is 26.1. The average molecular weight is 283 g/mol. The van der Waals surface area contributed by atoms with Crippen LogP contribution < -0.4 is 0 Å². The minimum absolute atomic E-state index is 0.501. The molecule has 0 N–H and O–H groups in total. The lowest BCUT2D eigenvalue weighted by molar-refractivity contribution is -0.0264. The Bertz CT molecular complexity index is 306. The molecule has 2 heteroatoms. The van der Waals surface area contributed by atoms with Gasteiger partial charge in [-0.1, -0.05) is 46.3 Å². The molecule has 0 amide bonds. The van der Waals surface area contributed by atoms with Gasteiger partial charge in [0.15, 0.2) is 0 Å². The molecule has 88 valence electrons. The number of hydrogen-bond acceptors (Lipinski definition) is 1. The van der Waals surface area contributed by atoms with E-state index in [4.69, 9.17) is 4.74 Å². The van der Waals surface area contributed by atoms with Crippen LogP contribution in [0.3, 0.4) is 0 Å². The largest absolute Gasteiger partial charge is 0.378 e. The first-order chi connectivity index (χ1) is 7.79. The van der Waals surface area contributed by atoms with Gasteiger partial charge in [-0.15, -0.1) is 0 Å². The second kappa shape index (κ2) is 5.83. The van der Waals surface area contributed by atoms with Gasteiger partial charge >= 0.3 is 0 Å². The monoisotopic (exact) mass is 282 g/mol. The second-order valence-corrected chi connectivity index (χ2v) is 5.63. The summed E-state index contributed by atoms with van der Waals surface area (Å²) in [5, 5.41) is 0. The van der Waals surface area contributed by atoms with Crippen molar-refractivity contribution in [3.63, 3.8) is 0 Å². The molecule has 0 spiro atoms. The van der Waals surface area contributed by atoms with Crippen molar-refractivity contribution in [3.8, 4) is 0 Å². The Morgan fingerprint density at radius 2 is 2.00 bits per heavy atom. The second-order valence-electron chi connectivity index (χ2n) is 4.53. The number of ether oxygens (including phenoxy) is 1. The van der Waals surface area contributed by atoms with E-state index < -0.39 is 0 Å². The molecule has 1 saturated carbocycles. The van der Waals surface area contributed by atoms with Crippen molar-refractivity contribution in [1.82, 2.24) is 0 Å². The van der Waals surface area contributed by atoms with Crippen molar-refractivity contribution in [2.24, 2.45) is 5.92 Å². The molecule has 1 fully saturated rings. The number of benzene rings is 1. The first-order valence-electron chi connectivity index (χ1n) is 6.10. The number of hydrogen-bond donors (Lipinski definition) is 0. The van der Waals surface area contributed by atoms with Gasteiger partial charge in [0.2, 0.25) is 0 Å². The summed E-state index contributed by atoms with van der Waals surface area (Å²) in [5.74, 6) is 0.834. The van der Waals surface area contributed by atoms with Crippen molar-refractivity contribution >= 4 is 15.9 Å². The van der Waals surface area contributed by atoms with Crippen molar-refractivity contribution < 1.29 is 4.74 Å². The SMILES string of the molecule is CCOC1CC(CC(Br)c2ccccc2)C1. The third kappa shape index (κ3) is 3.08. The Hall–Kier alpha value is -0.340. The smallest absolute Gasteiger partial charge is 0.0580 e. The minimum atomic E-state index is 0.501. The van der Waals surface area contributed by atoms with Crippen molar-refractivity contribution in [2.45, 2.75) is 37.1 Å². The summed E-state index contributed by atoms with van der Waals surface area (Å²) < 4.78 is 5.58. The van der Waals surface area contributed by atoms with E-state index in [0.29, 0.717) is 10.9 Å². The predicted molar refractivity (Wildman–Crippen MR) is 70.9 cm³/mol. The van der Waals surface area contributed by atoms with Crippen molar-refractivity contribution in [3.05, 3.63) is 35.9 Å². The van der Waals surface area contributed by atoms with E-state index in [2.05, 4.69) is 53.2 Å². The highest BCUT2D eigenvalue weighted by molar-refractivity contribution is 9.09. The highest BCUT2D eigenvalue weighted by Gasteiger charge is 2.30. The molecule has 2 rings (SSSR count). The molecule has 0 saturated heterocycles. The average Bonchev–Trinajstić information content (AvgIpc) is 2.27. The maximum atomic E-state index is 5.58. The van der Waals surface area contributed by atoms with Crippen LogP contribution >= 0.6 is 15.9 Å². The fourth-order valence-corrected chi connectivity index (χ4v) is 3.16. The zero-order valence-electron chi connectivity index (χ0n) is 9.73. The maximum absolute atomic E-state index is 5.58. The molecular formula is C14H19BrO. The summed E-state index contributed by atoms with van der Waals surface area (Å²) in [5.41, 5.74) is 1.39. The molecule has 0 radical (unpaired) electrons. The predicted octanol–water partition coefficient (Wildman–Crippen LogP) is 4.33. The molecule has 0 heterocycles. The Balaban J connectivity index is 1.75. The third-order valence-corrected chi connectivity index (χ3v) is 4.20. The Morgan fingerprint density at radius 1 is 1.31 bits per heavy atom. The van der Waals surface area contributed by atoms with Crippen LogP contribution in [-0.2, 0) is 4.74 Å². The van der Waals surface area contributed by atoms with E-state index in [1.807, 2.05) is 0 Å². The van der Waals surface area contributed by atoms with Crippen LogP contribution in [0.15, 0.2) is 30.3 Å². The lowest BCUT2D eigenvalue weighted by Gasteiger charge is -2.36. The Morgan fingerprint density at radius 3 is 2.62 bits per heavy atom. The lowest BCUT2D eigenvalue weighted by Crippen LogP contribution is -2.31. The van der Waals surface area contributed by atoms with E-state index in [9.17, 15) is 0 Å². The van der Waals surface area contributed by atoms with Gasteiger partial charge < -0.3 is 4.74 Å². The highest BCUT2D eigenvalue weighted by Crippen LogP contribution is 2.40. The van der Waals surface area contributed by atoms with Gasteiger partial charge in [0, 0.05) is 11.4 Å². The molecule has 1 aliphatic rings. The summed E-state index contributed by atoms with van der Waals surface area (Å²) in [6.45, 7) is 2.93. The van der Waals surface area contributed by atoms with E-state index in [-0.39, 0.29) is 0 Å². The van der Waals surface area contributed by atoms with Gasteiger partial charge in [0.05, 0.1) is 6.10 Å². The van der Waals surface area contributed by atoms with Crippen LogP contribution in [-0.4, -0.2) is 12.7 Å². The molecule has 0 aromatic heterocycles. The van der Waals surface area contributed by atoms with Gasteiger partial charge in [-0.05, 0) is 37.7 Å². The highest BCUT2D eigenvalue weighted by atomic mass is 79.9. The molecule has 0 bridgehead atoms. The van der Waals surface area contributed by atoms with Crippen LogP contribution in [0.4, 0.5) is 0 Å². The Kier molecular flexibility index (Phi) is 4.42. The van der Waals surface area contributed by atoms with Crippen LogP contribution in [0.5, 0.6) is 0 Å². The van der Waals surface area contributed by atoms with Gasteiger partial charge in [-0.25, -0.2) is 0 Å². The summed E-state index contributed by atoms with van der Waals surface area (Å²) in [6, 6.07) is 10.7. The topological polar surface area (TPSA) is 9.23 Å².